The van der Waals surface area contributed by atoms with E-state index in [2.05, 4.69) is 0 Å². The highest BCUT2D eigenvalue weighted by Crippen LogP contribution is 2.22. The third-order valence-corrected chi connectivity index (χ3v) is 3.24. The fraction of sp³-hybridized carbons (Fsp3) is 0.250. The molecule has 1 aromatic rings. The van der Waals surface area contributed by atoms with E-state index in [0.29, 0.717) is 0 Å². The summed E-state index contributed by atoms with van der Waals surface area (Å²) >= 11 is 5.79. The first-order valence-electron chi connectivity index (χ1n) is 3.60. The Kier molecular flexibility index (Phi) is 3.22. The van der Waals surface area contributed by atoms with Gasteiger partial charge in [0.25, 0.3) is 9.05 Å². The Labute approximate surface area is 86.9 Å². The molecular formula is C8H8Cl2O2S. The topological polar surface area (TPSA) is 34.1 Å². The van der Waals surface area contributed by atoms with Crippen molar-refractivity contribution in [2.45, 2.75) is 17.2 Å². The Morgan fingerprint density at radius 2 is 1.69 bits per heavy atom. The van der Waals surface area contributed by atoms with E-state index in [-0.39, 0.29) is 10.3 Å². The predicted molar refractivity (Wildman–Crippen MR) is 53.7 cm³/mol. The minimum absolute atomic E-state index is 0.0928. The van der Waals surface area contributed by atoms with Gasteiger partial charge in [0, 0.05) is 10.7 Å². The van der Waals surface area contributed by atoms with Crippen LogP contribution in [0.3, 0.4) is 0 Å². The maximum absolute atomic E-state index is 10.8. The Hall–Kier alpha value is -0.250. The van der Waals surface area contributed by atoms with Gasteiger partial charge in [-0.1, -0.05) is 12.1 Å². The summed E-state index contributed by atoms with van der Waals surface area (Å²) in [4.78, 5) is 0.0928. The van der Waals surface area contributed by atoms with Gasteiger partial charge in [-0.25, -0.2) is 8.42 Å². The highest BCUT2D eigenvalue weighted by Gasteiger charge is 2.09. The molecule has 0 bridgehead atoms. The summed E-state index contributed by atoms with van der Waals surface area (Å²) < 4.78 is 21.7. The summed E-state index contributed by atoms with van der Waals surface area (Å²) in [5, 5.41) is -0.132. The van der Waals surface area contributed by atoms with E-state index in [4.69, 9.17) is 22.3 Å². The van der Waals surface area contributed by atoms with Crippen LogP contribution >= 0.6 is 22.3 Å². The average molecular weight is 239 g/mol. The number of rotatable bonds is 2. The first kappa shape index (κ1) is 10.8. The Balaban J connectivity index is 3.08. The third-order valence-electron chi connectivity index (χ3n) is 1.62. The summed E-state index contributed by atoms with van der Waals surface area (Å²) in [6, 6.07) is 6.17. The van der Waals surface area contributed by atoms with Crippen molar-refractivity contribution in [3.8, 4) is 0 Å². The molecule has 1 aromatic carbocycles. The lowest BCUT2D eigenvalue weighted by molar-refractivity contribution is 0.609. The maximum atomic E-state index is 10.8. The monoisotopic (exact) mass is 238 g/mol. The minimum atomic E-state index is -3.62. The van der Waals surface area contributed by atoms with E-state index in [1.54, 1.807) is 12.1 Å². The van der Waals surface area contributed by atoms with Crippen LogP contribution in [0, 0.1) is 0 Å². The molecule has 1 unspecified atom stereocenters. The van der Waals surface area contributed by atoms with Crippen LogP contribution in [0.25, 0.3) is 0 Å². The average Bonchev–Trinajstić information content (AvgIpc) is 2.03. The molecule has 0 aliphatic carbocycles. The summed E-state index contributed by atoms with van der Waals surface area (Å²) in [5.74, 6) is 0. The lowest BCUT2D eigenvalue weighted by Crippen LogP contribution is -1.91. The van der Waals surface area contributed by atoms with Crippen LogP contribution in [0.15, 0.2) is 29.2 Å². The summed E-state index contributed by atoms with van der Waals surface area (Å²) in [6.45, 7) is 1.81. The molecular weight excluding hydrogens is 231 g/mol. The van der Waals surface area contributed by atoms with Gasteiger partial charge in [-0.3, -0.25) is 0 Å². The molecule has 0 heterocycles. The zero-order chi connectivity index (χ0) is 10.1. The predicted octanol–water partition coefficient (Wildman–Crippen LogP) is 2.91. The first-order valence-corrected chi connectivity index (χ1v) is 6.34. The van der Waals surface area contributed by atoms with Crippen molar-refractivity contribution in [2.24, 2.45) is 0 Å². The van der Waals surface area contributed by atoms with Gasteiger partial charge in [0.15, 0.2) is 0 Å². The van der Waals surface area contributed by atoms with E-state index in [9.17, 15) is 8.42 Å². The second kappa shape index (κ2) is 3.86. The van der Waals surface area contributed by atoms with Gasteiger partial charge >= 0.3 is 0 Å². The van der Waals surface area contributed by atoms with Crippen molar-refractivity contribution in [3.05, 3.63) is 29.8 Å². The molecule has 0 amide bonds. The Bertz CT molecular complexity index is 381. The van der Waals surface area contributed by atoms with Crippen molar-refractivity contribution in [3.63, 3.8) is 0 Å². The van der Waals surface area contributed by atoms with E-state index < -0.39 is 9.05 Å². The van der Waals surface area contributed by atoms with E-state index >= 15 is 0 Å². The normalized spacial score (nSPS) is 14.1. The largest absolute Gasteiger partial charge is 0.261 e. The van der Waals surface area contributed by atoms with Crippen LogP contribution < -0.4 is 0 Å². The molecule has 0 N–H and O–H groups in total. The van der Waals surface area contributed by atoms with Gasteiger partial charge in [-0.05, 0) is 24.6 Å². The SMILES string of the molecule is CC(Cl)c1ccc(S(=O)(=O)Cl)cc1. The molecule has 5 heteroatoms. The number of halogens is 2. The zero-order valence-corrected chi connectivity index (χ0v) is 9.20. The molecule has 0 saturated heterocycles. The van der Waals surface area contributed by atoms with Crippen LogP contribution in [0.5, 0.6) is 0 Å². The van der Waals surface area contributed by atoms with Crippen molar-refractivity contribution in [1.29, 1.82) is 0 Å². The zero-order valence-electron chi connectivity index (χ0n) is 6.87. The Morgan fingerprint density at radius 3 is 2.00 bits per heavy atom. The number of hydrogen-bond acceptors (Lipinski definition) is 2. The second-order valence-corrected chi connectivity index (χ2v) is 5.84. The van der Waals surface area contributed by atoms with Gasteiger partial charge in [-0.2, -0.15) is 0 Å². The van der Waals surface area contributed by atoms with Gasteiger partial charge in [0.2, 0.25) is 0 Å². The molecule has 0 aromatic heterocycles. The molecule has 13 heavy (non-hydrogen) atoms. The van der Waals surface area contributed by atoms with Crippen LogP contribution in [-0.2, 0) is 9.05 Å². The lowest BCUT2D eigenvalue weighted by atomic mass is 10.2. The van der Waals surface area contributed by atoms with Crippen LogP contribution in [-0.4, -0.2) is 8.42 Å². The van der Waals surface area contributed by atoms with Gasteiger partial charge in [0.05, 0.1) is 10.3 Å². The summed E-state index contributed by atoms with van der Waals surface area (Å²) in [7, 11) is 1.51. The molecule has 1 atom stereocenters. The van der Waals surface area contributed by atoms with Crippen LogP contribution in [0.1, 0.15) is 17.9 Å². The first-order chi connectivity index (χ1) is 5.91. The van der Waals surface area contributed by atoms with Crippen LogP contribution in [0.2, 0.25) is 0 Å². The van der Waals surface area contributed by atoms with E-state index in [1.807, 2.05) is 6.92 Å². The maximum Gasteiger partial charge on any atom is 0.261 e. The fourth-order valence-electron chi connectivity index (χ4n) is 0.896. The van der Waals surface area contributed by atoms with Crippen molar-refractivity contribution < 1.29 is 8.42 Å². The lowest BCUT2D eigenvalue weighted by Gasteiger charge is -2.02. The standard InChI is InChI=1S/C8H8Cl2O2S/c1-6(9)7-2-4-8(5-3-7)13(10,11)12/h2-6H,1H3. The van der Waals surface area contributed by atoms with Crippen molar-refractivity contribution in [2.75, 3.05) is 0 Å². The van der Waals surface area contributed by atoms with Gasteiger partial charge in [-0.15, -0.1) is 11.6 Å². The molecule has 0 radical (unpaired) electrons. The molecule has 0 saturated carbocycles. The highest BCUT2D eigenvalue weighted by molar-refractivity contribution is 8.13. The summed E-state index contributed by atoms with van der Waals surface area (Å²) in [6.07, 6.45) is 0. The molecule has 0 spiro atoms. The molecule has 2 nitrogen and oxygen atoms in total. The van der Waals surface area contributed by atoms with Gasteiger partial charge in [0.1, 0.15) is 0 Å². The molecule has 0 aliphatic rings. The second-order valence-electron chi connectivity index (χ2n) is 2.62. The minimum Gasteiger partial charge on any atom is -0.207 e. The van der Waals surface area contributed by atoms with E-state index in [1.165, 1.54) is 12.1 Å². The molecule has 1 rings (SSSR count). The Morgan fingerprint density at radius 1 is 1.23 bits per heavy atom. The molecule has 72 valence electrons. The van der Waals surface area contributed by atoms with Gasteiger partial charge < -0.3 is 0 Å². The van der Waals surface area contributed by atoms with Crippen LogP contribution in [0.4, 0.5) is 0 Å². The van der Waals surface area contributed by atoms with E-state index in [0.717, 1.165) is 5.56 Å². The number of hydrogen-bond donors (Lipinski definition) is 0. The van der Waals surface area contributed by atoms with Crippen molar-refractivity contribution in [1.82, 2.24) is 0 Å². The third kappa shape index (κ3) is 2.86. The fourth-order valence-corrected chi connectivity index (χ4v) is 1.81. The highest BCUT2D eigenvalue weighted by atomic mass is 35.7. The molecule has 0 fully saturated rings. The number of benzene rings is 1. The molecule has 0 aliphatic heterocycles. The number of alkyl halides is 1. The van der Waals surface area contributed by atoms with Crippen molar-refractivity contribution >= 4 is 31.3 Å². The smallest absolute Gasteiger partial charge is 0.207 e. The summed E-state index contributed by atoms with van der Waals surface area (Å²) in [5.41, 5.74) is 0.866. The quantitative estimate of drug-likeness (QED) is 0.587.